The molecule has 1 amide bonds. The molecule has 0 atom stereocenters. The molecule has 2 aromatic heterocycles. The molecule has 8 heteroatoms. The molecule has 0 bridgehead atoms. The molecule has 0 unspecified atom stereocenters. The summed E-state index contributed by atoms with van der Waals surface area (Å²) < 4.78 is 16.7. The van der Waals surface area contributed by atoms with Crippen LogP contribution in [0.4, 0.5) is 10.2 Å². The Morgan fingerprint density at radius 2 is 1.90 bits per heavy atom. The van der Waals surface area contributed by atoms with Gasteiger partial charge in [0.1, 0.15) is 11.6 Å². The van der Waals surface area contributed by atoms with Crippen LogP contribution in [0.1, 0.15) is 29.8 Å². The second-order valence-corrected chi connectivity index (χ2v) is 8.27. The van der Waals surface area contributed by atoms with Crippen molar-refractivity contribution in [3.63, 3.8) is 0 Å². The molecule has 2 N–H and O–H groups in total. The fraction of sp³-hybridized carbons (Fsp3) is 0.174. The second-order valence-electron chi connectivity index (χ2n) is 7.41. The first kappa shape index (κ1) is 21.0. The number of rotatable bonds is 6. The van der Waals surface area contributed by atoms with Crippen molar-refractivity contribution in [2.24, 2.45) is 0 Å². The lowest BCUT2D eigenvalue weighted by molar-refractivity contribution is 0.0943. The second kappa shape index (κ2) is 8.85. The third kappa shape index (κ3) is 4.59. The van der Waals surface area contributed by atoms with E-state index in [0.717, 1.165) is 5.56 Å². The molecule has 0 aliphatic heterocycles. The highest BCUT2D eigenvalue weighted by Gasteiger charge is 2.14. The number of carbonyl (C=O) groups excluding carboxylic acids is 1. The average molecular weight is 482 g/mol. The summed E-state index contributed by atoms with van der Waals surface area (Å²) in [5, 5.41) is 10.6. The fourth-order valence-electron chi connectivity index (χ4n) is 3.18. The van der Waals surface area contributed by atoms with E-state index in [1.54, 1.807) is 47.1 Å². The summed E-state index contributed by atoms with van der Waals surface area (Å²) in [4.78, 5) is 16.7. The Labute approximate surface area is 187 Å². The van der Waals surface area contributed by atoms with Gasteiger partial charge in [-0.15, -0.1) is 0 Å². The van der Waals surface area contributed by atoms with E-state index in [0.29, 0.717) is 39.3 Å². The first-order valence-corrected chi connectivity index (χ1v) is 10.6. The molecular weight excluding hydrogens is 461 g/mol. The zero-order chi connectivity index (χ0) is 22.0. The van der Waals surface area contributed by atoms with Crippen LogP contribution in [0.15, 0.2) is 65.3 Å². The molecule has 4 aromatic rings. The Bertz CT molecular complexity index is 1240. The first-order valence-electron chi connectivity index (χ1n) is 9.85. The SMILES string of the molecule is CC(C)NC(=O)c1ccc(CNc2cc(-c3ccccc3F)nc3c(Br)cnn23)cc1. The number of hydrogen-bond donors (Lipinski definition) is 2. The van der Waals surface area contributed by atoms with Crippen molar-refractivity contribution in [1.29, 1.82) is 0 Å². The standard InChI is InChI=1S/C23H21BrFN5O/c1-14(2)28-23(31)16-9-7-15(8-10-16)12-26-21-11-20(17-5-3-4-6-19(17)25)29-22-18(24)13-27-30(21)22/h3-11,13-14,26H,12H2,1-2H3,(H,28,31). The summed E-state index contributed by atoms with van der Waals surface area (Å²) in [6.07, 6.45) is 1.65. The van der Waals surface area contributed by atoms with E-state index in [4.69, 9.17) is 0 Å². The summed E-state index contributed by atoms with van der Waals surface area (Å²) in [5.41, 5.74) is 3.12. The highest BCUT2D eigenvalue weighted by Crippen LogP contribution is 2.27. The highest BCUT2D eigenvalue weighted by atomic mass is 79.9. The number of anilines is 1. The topological polar surface area (TPSA) is 71.3 Å². The van der Waals surface area contributed by atoms with Crippen LogP contribution in [-0.4, -0.2) is 26.5 Å². The predicted octanol–water partition coefficient (Wildman–Crippen LogP) is 5.05. The first-order chi connectivity index (χ1) is 14.9. The van der Waals surface area contributed by atoms with Crippen LogP contribution in [0, 0.1) is 5.82 Å². The third-order valence-electron chi connectivity index (χ3n) is 4.69. The molecule has 31 heavy (non-hydrogen) atoms. The molecule has 0 radical (unpaired) electrons. The molecular formula is C23H21BrFN5O. The van der Waals surface area contributed by atoms with E-state index >= 15 is 0 Å². The molecule has 4 rings (SSSR count). The molecule has 158 valence electrons. The lowest BCUT2D eigenvalue weighted by atomic mass is 10.1. The third-order valence-corrected chi connectivity index (χ3v) is 5.25. The van der Waals surface area contributed by atoms with E-state index < -0.39 is 0 Å². The number of nitrogens with one attached hydrogen (secondary N) is 2. The van der Waals surface area contributed by atoms with E-state index in [2.05, 4.69) is 36.6 Å². The Hall–Kier alpha value is -3.26. The summed E-state index contributed by atoms with van der Waals surface area (Å²) in [5.74, 6) is 0.244. The molecule has 0 saturated heterocycles. The number of fused-ring (bicyclic) bond motifs is 1. The molecule has 6 nitrogen and oxygen atoms in total. The molecule has 0 saturated carbocycles. The Morgan fingerprint density at radius 3 is 2.61 bits per heavy atom. The van der Waals surface area contributed by atoms with E-state index in [1.807, 2.05) is 26.0 Å². The zero-order valence-electron chi connectivity index (χ0n) is 17.1. The lowest BCUT2D eigenvalue weighted by Crippen LogP contribution is -2.30. The van der Waals surface area contributed by atoms with Crippen LogP contribution >= 0.6 is 15.9 Å². The maximum absolute atomic E-state index is 14.3. The maximum Gasteiger partial charge on any atom is 0.251 e. The van der Waals surface area contributed by atoms with Gasteiger partial charge >= 0.3 is 0 Å². The minimum Gasteiger partial charge on any atom is -0.366 e. The molecule has 0 aliphatic rings. The van der Waals surface area contributed by atoms with Gasteiger partial charge in [-0.05, 0) is 59.6 Å². The number of carbonyl (C=O) groups is 1. The van der Waals surface area contributed by atoms with Gasteiger partial charge < -0.3 is 10.6 Å². The van der Waals surface area contributed by atoms with Gasteiger partial charge in [0.15, 0.2) is 5.65 Å². The number of benzene rings is 2. The van der Waals surface area contributed by atoms with Crippen molar-refractivity contribution >= 4 is 33.3 Å². The smallest absolute Gasteiger partial charge is 0.251 e. The number of nitrogens with zero attached hydrogens (tertiary/aromatic N) is 3. The Kier molecular flexibility index (Phi) is 5.99. The van der Waals surface area contributed by atoms with Crippen LogP contribution in [0.3, 0.4) is 0 Å². The Balaban J connectivity index is 1.60. The predicted molar refractivity (Wildman–Crippen MR) is 122 cm³/mol. The van der Waals surface area contributed by atoms with Gasteiger partial charge in [-0.3, -0.25) is 4.79 Å². The van der Waals surface area contributed by atoms with Crippen LogP contribution in [0.5, 0.6) is 0 Å². The minimum absolute atomic E-state index is 0.0833. The lowest BCUT2D eigenvalue weighted by Gasteiger charge is -2.12. The summed E-state index contributed by atoms with van der Waals surface area (Å²) in [6, 6.07) is 15.8. The van der Waals surface area contributed by atoms with Gasteiger partial charge in [0.05, 0.1) is 16.4 Å². The number of halogens is 2. The quantitative estimate of drug-likeness (QED) is 0.404. The van der Waals surface area contributed by atoms with Crippen molar-refractivity contribution in [1.82, 2.24) is 19.9 Å². The molecule has 2 aromatic carbocycles. The zero-order valence-corrected chi connectivity index (χ0v) is 18.6. The highest BCUT2D eigenvalue weighted by molar-refractivity contribution is 9.10. The fourth-order valence-corrected chi connectivity index (χ4v) is 3.53. The van der Waals surface area contributed by atoms with E-state index in [-0.39, 0.29) is 17.8 Å². The monoisotopic (exact) mass is 481 g/mol. The van der Waals surface area contributed by atoms with Gasteiger partial charge in [0.2, 0.25) is 0 Å². The van der Waals surface area contributed by atoms with Crippen molar-refractivity contribution < 1.29 is 9.18 Å². The van der Waals surface area contributed by atoms with Crippen LogP contribution in [0.2, 0.25) is 0 Å². The molecule has 2 heterocycles. The van der Waals surface area contributed by atoms with Gasteiger partial charge in [-0.1, -0.05) is 24.3 Å². The maximum atomic E-state index is 14.3. The number of hydrogen-bond acceptors (Lipinski definition) is 4. The largest absolute Gasteiger partial charge is 0.366 e. The molecule has 0 fully saturated rings. The van der Waals surface area contributed by atoms with E-state index in [9.17, 15) is 9.18 Å². The van der Waals surface area contributed by atoms with Gasteiger partial charge in [-0.25, -0.2) is 9.37 Å². The summed E-state index contributed by atoms with van der Waals surface area (Å²) >= 11 is 3.46. The molecule has 0 spiro atoms. The average Bonchev–Trinajstić information content (AvgIpc) is 3.13. The van der Waals surface area contributed by atoms with Crippen LogP contribution in [0.25, 0.3) is 16.9 Å². The van der Waals surface area contributed by atoms with Gasteiger partial charge in [0, 0.05) is 29.8 Å². The van der Waals surface area contributed by atoms with Crippen molar-refractivity contribution in [3.05, 3.63) is 82.2 Å². The van der Waals surface area contributed by atoms with Gasteiger partial charge in [-0.2, -0.15) is 9.61 Å². The van der Waals surface area contributed by atoms with Crippen LogP contribution < -0.4 is 10.6 Å². The minimum atomic E-state index is -0.337. The van der Waals surface area contributed by atoms with Gasteiger partial charge in [0.25, 0.3) is 5.91 Å². The number of aromatic nitrogens is 3. The summed E-state index contributed by atoms with van der Waals surface area (Å²) in [6.45, 7) is 4.35. The van der Waals surface area contributed by atoms with Crippen LogP contribution in [-0.2, 0) is 6.54 Å². The Morgan fingerprint density at radius 1 is 1.16 bits per heavy atom. The number of amides is 1. The normalized spacial score (nSPS) is 11.1. The van der Waals surface area contributed by atoms with Crippen molar-refractivity contribution in [3.8, 4) is 11.3 Å². The summed E-state index contributed by atoms with van der Waals surface area (Å²) in [7, 11) is 0. The van der Waals surface area contributed by atoms with Crippen molar-refractivity contribution in [2.45, 2.75) is 26.4 Å². The van der Waals surface area contributed by atoms with E-state index in [1.165, 1.54) is 6.07 Å². The molecule has 0 aliphatic carbocycles. The van der Waals surface area contributed by atoms with Crippen molar-refractivity contribution in [2.75, 3.05) is 5.32 Å².